The lowest BCUT2D eigenvalue weighted by atomic mass is 9.80. The maximum atomic E-state index is 12.4. The van der Waals surface area contributed by atoms with Gasteiger partial charge in [-0.1, -0.05) is 42.5 Å². The van der Waals surface area contributed by atoms with Crippen molar-refractivity contribution in [3.8, 4) is 11.5 Å². The van der Waals surface area contributed by atoms with Crippen LogP contribution in [0.4, 0.5) is 0 Å². The standard InChI is InChI=1S/C20H14O4.C6H10O7/c21-15-9-5-13(6-10-15)20(14-7-11-16(22)12-8-14)18-4-2-1-3-17(18)19(23)24-20;7-1-2(8)3(9)4(10)5(11)6(12)13/h1-12,21-22H;1-5,8-11H,(H,12,13)/t;2-,3+,4-,5-/m.0/s1. The van der Waals surface area contributed by atoms with Gasteiger partial charge in [0, 0.05) is 16.7 Å². The molecule has 0 spiro atoms. The van der Waals surface area contributed by atoms with Crippen molar-refractivity contribution in [3.05, 3.63) is 95.1 Å². The molecule has 194 valence electrons. The third-order valence-corrected chi connectivity index (χ3v) is 5.74. The van der Waals surface area contributed by atoms with E-state index in [0.717, 1.165) is 16.7 Å². The second-order valence-electron chi connectivity index (χ2n) is 8.10. The molecule has 1 heterocycles. The quantitative estimate of drug-likeness (QED) is 0.169. The van der Waals surface area contributed by atoms with Crippen molar-refractivity contribution in [1.82, 2.24) is 0 Å². The summed E-state index contributed by atoms with van der Waals surface area (Å²) >= 11 is 0. The maximum absolute atomic E-state index is 12.4. The fourth-order valence-corrected chi connectivity index (χ4v) is 3.82. The molecule has 3 aromatic carbocycles. The third-order valence-electron chi connectivity index (χ3n) is 5.74. The molecule has 0 unspecified atom stereocenters. The lowest BCUT2D eigenvalue weighted by Gasteiger charge is -2.30. The number of hydrogen-bond donors (Lipinski definition) is 7. The highest BCUT2D eigenvalue weighted by Crippen LogP contribution is 2.47. The first-order valence-electron chi connectivity index (χ1n) is 10.8. The number of aliphatic hydroxyl groups excluding tert-OH is 4. The molecule has 0 saturated heterocycles. The number of carbonyl (C=O) groups excluding carboxylic acids is 2. The molecular formula is C26H24O11. The van der Waals surface area contributed by atoms with Crippen LogP contribution in [0.3, 0.4) is 0 Å². The Morgan fingerprint density at radius 1 is 0.784 bits per heavy atom. The van der Waals surface area contributed by atoms with Gasteiger partial charge in [-0.15, -0.1) is 0 Å². The van der Waals surface area contributed by atoms with Crippen molar-refractivity contribution in [3.63, 3.8) is 0 Å². The number of aliphatic hydroxyl groups is 4. The Hall–Kier alpha value is -4.29. The van der Waals surface area contributed by atoms with E-state index >= 15 is 0 Å². The van der Waals surface area contributed by atoms with E-state index < -0.39 is 42.0 Å². The van der Waals surface area contributed by atoms with Crippen LogP contribution in [-0.4, -0.2) is 78.4 Å². The summed E-state index contributed by atoms with van der Waals surface area (Å²) in [6, 6.07) is 20.4. The molecule has 3 aromatic rings. The molecule has 0 aromatic heterocycles. The zero-order valence-electron chi connectivity index (χ0n) is 19.1. The normalized spacial score (nSPS) is 16.7. The Balaban J connectivity index is 0.000000251. The molecule has 0 amide bonds. The Morgan fingerprint density at radius 2 is 1.27 bits per heavy atom. The Bertz CT molecular complexity index is 1210. The first kappa shape index (κ1) is 27.3. The van der Waals surface area contributed by atoms with Crippen molar-refractivity contribution in [2.24, 2.45) is 0 Å². The van der Waals surface area contributed by atoms with E-state index in [9.17, 15) is 24.6 Å². The fraction of sp³-hybridized carbons (Fsp3) is 0.192. The molecule has 0 aliphatic carbocycles. The smallest absolute Gasteiger partial charge is 0.340 e. The summed E-state index contributed by atoms with van der Waals surface area (Å²) in [5.41, 5.74) is 1.60. The number of ether oxygens (including phenoxy) is 1. The molecule has 37 heavy (non-hydrogen) atoms. The zero-order chi connectivity index (χ0) is 27.3. The molecule has 0 bridgehead atoms. The van der Waals surface area contributed by atoms with Crippen LogP contribution in [0.5, 0.6) is 11.5 Å². The van der Waals surface area contributed by atoms with Crippen LogP contribution in [0.25, 0.3) is 0 Å². The summed E-state index contributed by atoms with van der Waals surface area (Å²) in [7, 11) is 0. The predicted molar refractivity (Wildman–Crippen MR) is 126 cm³/mol. The minimum atomic E-state index is -2.25. The van der Waals surface area contributed by atoms with Gasteiger partial charge in [0.2, 0.25) is 0 Å². The van der Waals surface area contributed by atoms with Crippen LogP contribution in [0.1, 0.15) is 27.0 Å². The van der Waals surface area contributed by atoms with Gasteiger partial charge in [-0.25, -0.2) is 9.59 Å². The minimum absolute atomic E-state index is 0.0809. The molecule has 0 radical (unpaired) electrons. The third kappa shape index (κ3) is 5.44. The van der Waals surface area contributed by atoms with E-state index in [1.807, 2.05) is 12.1 Å². The number of aliphatic carboxylic acids is 1. The highest BCUT2D eigenvalue weighted by molar-refractivity contribution is 5.96. The first-order chi connectivity index (χ1) is 17.5. The summed E-state index contributed by atoms with van der Waals surface area (Å²) in [6.45, 7) is 0. The van der Waals surface area contributed by atoms with Crippen LogP contribution in [-0.2, 0) is 19.9 Å². The van der Waals surface area contributed by atoms with Crippen LogP contribution in [0, 0.1) is 0 Å². The molecule has 4 atom stereocenters. The molecule has 4 rings (SSSR count). The van der Waals surface area contributed by atoms with Gasteiger partial charge in [0.25, 0.3) is 0 Å². The van der Waals surface area contributed by atoms with Crippen molar-refractivity contribution < 1.29 is 54.9 Å². The van der Waals surface area contributed by atoms with Crippen molar-refractivity contribution in [1.29, 1.82) is 0 Å². The van der Waals surface area contributed by atoms with Crippen molar-refractivity contribution in [2.75, 3.05) is 0 Å². The number of hydrogen-bond acceptors (Lipinski definition) is 10. The summed E-state index contributed by atoms with van der Waals surface area (Å²) in [5, 5.41) is 62.4. The van der Waals surface area contributed by atoms with Gasteiger partial charge < -0.3 is 45.3 Å². The number of rotatable bonds is 7. The highest BCUT2D eigenvalue weighted by Gasteiger charge is 2.48. The van der Waals surface area contributed by atoms with E-state index in [1.54, 1.807) is 60.7 Å². The van der Waals surface area contributed by atoms with Gasteiger partial charge in [0.1, 0.15) is 29.8 Å². The molecule has 11 heteroatoms. The second kappa shape index (κ2) is 11.2. The monoisotopic (exact) mass is 512 g/mol. The molecular weight excluding hydrogens is 488 g/mol. The molecule has 1 aliphatic rings. The van der Waals surface area contributed by atoms with Crippen LogP contribution in [0.2, 0.25) is 0 Å². The first-order valence-corrected chi connectivity index (χ1v) is 10.8. The van der Waals surface area contributed by atoms with E-state index in [1.165, 1.54) is 0 Å². The van der Waals surface area contributed by atoms with Gasteiger partial charge in [-0.3, -0.25) is 0 Å². The number of esters is 1. The van der Waals surface area contributed by atoms with E-state index in [-0.39, 0.29) is 17.8 Å². The van der Waals surface area contributed by atoms with E-state index in [4.69, 9.17) is 30.3 Å². The molecule has 1 aliphatic heterocycles. The number of cyclic esters (lactones) is 1. The number of phenolic OH excluding ortho intramolecular Hbond substituents is 2. The topological polar surface area (TPSA) is 202 Å². The lowest BCUT2D eigenvalue weighted by Crippen LogP contribution is -2.48. The van der Waals surface area contributed by atoms with E-state index in [2.05, 4.69) is 0 Å². The average molecular weight is 512 g/mol. The largest absolute Gasteiger partial charge is 0.508 e. The summed E-state index contributed by atoms with van der Waals surface area (Å²) < 4.78 is 5.87. The van der Waals surface area contributed by atoms with Crippen LogP contribution in [0.15, 0.2) is 72.8 Å². The van der Waals surface area contributed by atoms with E-state index in [0.29, 0.717) is 5.56 Å². The lowest BCUT2D eigenvalue weighted by molar-refractivity contribution is -0.163. The molecule has 0 saturated carbocycles. The Kier molecular flexibility index (Phi) is 8.25. The summed E-state index contributed by atoms with van der Waals surface area (Å²) in [6.07, 6.45) is -8.39. The zero-order valence-corrected chi connectivity index (χ0v) is 19.1. The molecule has 7 N–H and O–H groups in total. The number of fused-ring (bicyclic) bond motifs is 1. The van der Waals surface area contributed by atoms with Crippen LogP contribution < -0.4 is 0 Å². The fourth-order valence-electron chi connectivity index (χ4n) is 3.82. The van der Waals surface area contributed by atoms with Crippen LogP contribution >= 0.6 is 0 Å². The summed E-state index contributed by atoms with van der Waals surface area (Å²) in [5.74, 6) is -1.88. The van der Waals surface area contributed by atoms with Crippen molar-refractivity contribution in [2.45, 2.75) is 30.0 Å². The minimum Gasteiger partial charge on any atom is -0.508 e. The van der Waals surface area contributed by atoms with Gasteiger partial charge in [-0.2, -0.15) is 0 Å². The maximum Gasteiger partial charge on any atom is 0.340 e. The Morgan fingerprint density at radius 3 is 1.73 bits per heavy atom. The number of phenols is 2. The predicted octanol–water partition coefficient (Wildman–Crippen LogP) is 0.274. The average Bonchev–Trinajstić information content (AvgIpc) is 3.21. The number of aldehydes is 1. The number of aromatic hydroxyl groups is 2. The van der Waals surface area contributed by atoms with Gasteiger partial charge in [-0.05, 0) is 30.3 Å². The number of carboxylic acid groups (broad SMARTS) is 1. The number of benzene rings is 3. The van der Waals surface area contributed by atoms with Gasteiger partial charge in [0.05, 0.1) is 5.56 Å². The highest BCUT2D eigenvalue weighted by atomic mass is 16.6. The number of carboxylic acids is 1. The number of carbonyl (C=O) groups is 3. The van der Waals surface area contributed by atoms with Crippen molar-refractivity contribution >= 4 is 18.2 Å². The molecule has 0 fully saturated rings. The SMILES string of the molecule is O=C1OC(c2ccc(O)cc2)(c2ccc(O)cc2)c2ccccc21.O=C[C@H](O)[C@@H](O)[C@H](O)[C@H](O)C(=O)O. The Labute approximate surface area is 210 Å². The second-order valence-corrected chi connectivity index (χ2v) is 8.10. The van der Waals surface area contributed by atoms with Gasteiger partial charge >= 0.3 is 11.9 Å². The summed E-state index contributed by atoms with van der Waals surface area (Å²) in [4.78, 5) is 32.4. The molecule has 11 nitrogen and oxygen atoms in total. The van der Waals surface area contributed by atoms with Gasteiger partial charge in [0.15, 0.2) is 18.0 Å².